The fourth-order valence-corrected chi connectivity index (χ4v) is 2.77. The van der Waals surface area contributed by atoms with Crippen molar-refractivity contribution in [3.63, 3.8) is 0 Å². The number of guanidine groups is 1. The molecule has 0 spiro atoms. The van der Waals surface area contributed by atoms with Gasteiger partial charge in [-0.25, -0.2) is 4.99 Å². The quantitative estimate of drug-likeness (QED) is 0.427. The molecular weight excluding hydrogens is 372 g/mol. The van der Waals surface area contributed by atoms with E-state index in [0.29, 0.717) is 19.1 Å². The van der Waals surface area contributed by atoms with Crippen molar-refractivity contribution in [2.45, 2.75) is 45.3 Å². The number of benzene rings is 1. The molecule has 1 unspecified atom stereocenters. The molecule has 160 valence electrons. The third-order valence-corrected chi connectivity index (χ3v) is 4.18. The Bertz CT molecular complexity index is 740. The number of ether oxygens (including phenoxy) is 2. The standard InChI is InChI=1S/C21H32N4O4/c1-21(2,3)29-19(27)10-12-22-20(23-14-18(26)25(4)5)24-16-11-13-28-17-9-7-6-8-15(16)17/h6-9,16H,10-14H2,1-5H3,(H2,22,23,24). The van der Waals surface area contributed by atoms with Crippen LogP contribution in [-0.2, 0) is 14.3 Å². The first-order valence-electron chi connectivity index (χ1n) is 9.84. The second-order valence-electron chi connectivity index (χ2n) is 8.09. The highest BCUT2D eigenvalue weighted by Crippen LogP contribution is 2.31. The van der Waals surface area contributed by atoms with Gasteiger partial charge in [-0.3, -0.25) is 9.59 Å². The van der Waals surface area contributed by atoms with Crippen molar-refractivity contribution in [2.75, 3.05) is 33.8 Å². The van der Waals surface area contributed by atoms with Gasteiger partial charge in [-0.1, -0.05) is 18.2 Å². The molecule has 2 N–H and O–H groups in total. The second-order valence-corrected chi connectivity index (χ2v) is 8.09. The lowest BCUT2D eigenvalue weighted by atomic mass is 10.0. The monoisotopic (exact) mass is 404 g/mol. The minimum atomic E-state index is -0.518. The van der Waals surface area contributed by atoms with Gasteiger partial charge < -0.3 is 25.0 Å². The summed E-state index contributed by atoms with van der Waals surface area (Å²) in [6, 6.07) is 7.85. The molecule has 0 radical (unpaired) electrons. The molecule has 1 amide bonds. The number of likely N-dealkylation sites (N-methyl/N-ethyl adjacent to an activating group) is 1. The van der Waals surface area contributed by atoms with Crippen molar-refractivity contribution in [1.29, 1.82) is 0 Å². The van der Waals surface area contributed by atoms with Crippen LogP contribution in [0.4, 0.5) is 0 Å². The SMILES string of the molecule is CN(C)C(=O)CN=C(NCCC(=O)OC(C)(C)C)NC1CCOc2ccccc21. The van der Waals surface area contributed by atoms with Gasteiger partial charge in [0.1, 0.15) is 17.9 Å². The van der Waals surface area contributed by atoms with Crippen LogP contribution in [0, 0.1) is 0 Å². The third-order valence-electron chi connectivity index (χ3n) is 4.18. The molecule has 0 aliphatic carbocycles. The summed E-state index contributed by atoms with van der Waals surface area (Å²) in [6.07, 6.45) is 0.968. The van der Waals surface area contributed by atoms with Crippen LogP contribution in [0.3, 0.4) is 0 Å². The fraction of sp³-hybridized carbons (Fsp3) is 0.571. The zero-order valence-electron chi connectivity index (χ0n) is 17.9. The zero-order valence-corrected chi connectivity index (χ0v) is 17.9. The predicted octanol–water partition coefficient (Wildman–Crippen LogP) is 1.87. The molecule has 1 heterocycles. The number of aliphatic imine (C=N–C) groups is 1. The minimum absolute atomic E-state index is 0.00202. The van der Waals surface area contributed by atoms with Crippen LogP contribution >= 0.6 is 0 Å². The number of carbonyl (C=O) groups is 2. The molecule has 1 aromatic rings. The van der Waals surface area contributed by atoms with Crippen LogP contribution in [0.1, 0.15) is 45.2 Å². The van der Waals surface area contributed by atoms with Crippen molar-refractivity contribution >= 4 is 17.8 Å². The minimum Gasteiger partial charge on any atom is -0.493 e. The Kier molecular flexibility index (Phi) is 7.87. The lowest BCUT2D eigenvalue weighted by Gasteiger charge is -2.28. The second kappa shape index (κ2) is 10.1. The maximum absolute atomic E-state index is 11.9. The van der Waals surface area contributed by atoms with Gasteiger partial charge in [-0.15, -0.1) is 0 Å². The van der Waals surface area contributed by atoms with Crippen molar-refractivity contribution < 1.29 is 19.1 Å². The van der Waals surface area contributed by atoms with Crippen LogP contribution in [0.2, 0.25) is 0 Å². The number of amides is 1. The smallest absolute Gasteiger partial charge is 0.308 e. The number of carbonyl (C=O) groups excluding carboxylic acids is 2. The molecule has 0 bridgehead atoms. The van der Waals surface area contributed by atoms with Crippen LogP contribution in [0.5, 0.6) is 5.75 Å². The topological polar surface area (TPSA) is 92.3 Å². The average Bonchev–Trinajstić information content (AvgIpc) is 2.64. The molecule has 1 aliphatic rings. The summed E-state index contributed by atoms with van der Waals surface area (Å²) in [7, 11) is 3.38. The summed E-state index contributed by atoms with van der Waals surface area (Å²) in [4.78, 5) is 29.8. The van der Waals surface area contributed by atoms with Crippen LogP contribution in [0.25, 0.3) is 0 Å². The van der Waals surface area contributed by atoms with Crippen molar-refractivity contribution in [2.24, 2.45) is 4.99 Å². The van der Waals surface area contributed by atoms with Gasteiger partial charge in [0, 0.05) is 32.6 Å². The van der Waals surface area contributed by atoms with E-state index < -0.39 is 5.60 Å². The maximum atomic E-state index is 11.9. The molecule has 8 nitrogen and oxygen atoms in total. The van der Waals surface area contributed by atoms with E-state index >= 15 is 0 Å². The normalized spacial score (nSPS) is 16.3. The first-order valence-corrected chi connectivity index (χ1v) is 9.84. The van der Waals surface area contributed by atoms with E-state index in [1.807, 2.05) is 45.0 Å². The lowest BCUT2D eigenvalue weighted by Crippen LogP contribution is -2.42. The van der Waals surface area contributed by atoms with E-state index in [2.05, 4.69) is 15.6 Å². The molecule has 29 heavy (non-hydrogen) atoms. The Hall–Kier alpha value is -2.77. The van der Waals surface area contributed by atoms with E-state index in [1.54, 1.807) is 14.1 Å². The number of rotatable bonds is 6. The number of hydrogen-bond acceptors (Lipinski definition) is 5. The van der Waals surface area contributed by atoms with Crippen LogP contribution in [0.15, 0.2) is 29.3 Å². The van der Waals surface area contributed by atoms with Crippen molar-refractivity contribution in [1.82, 2.24) is 15.5 Å². The van der Waals surface area contributed by atoms with Crippen molar-refractivity contribution in [3.05, 3.63) is 29.8 Å². The molecule has 0 fully saturated rings. The number of nitrogens with zero attached hydrogens (tertiary/aromatic N) is 2. The predicted molar refractivity (Wildman–Crippen MR) is 112 cm³/mol. The summed E-state index contributed by atoms with van der Waals surface area (Å²) in [6.45, 7) is 6.46. The number of esters is 1. The number of nitrogens with one attached hydrogen (secondary N) is 2. The first-order chi connectivity index (χ1) is 13.7. The maximum Gasteiger partial charge on any atom is 0.308 e. The van der Waals surface area contributed by atoms with Gasteiger partial charge in [-0.05, 0) is 26.8 Å². The number of para-hydroxylation sites is 1. The van der Waals surface area contributed by atoms with Gasteiger partial charge >= 0.3 is 5.97 Å². The molecule has 0 saturated carbocycles. The summed E-state index contributed by atoms with van der Waals surface area (Å²) in [5, 5.41) is 6.50. The number of fused-ring (bicyclic) bond motifs is 1. The van der Waals surface area contributed by atoms with E-state index in [0.717, 1.165) is 17.7 Å². The Morgan fingerprint density at radius 3 is 2.69 bits per heavy atom. The molecule has 0 saturated heterocycles. The van der Waals surface area contributed by atoms with E-state index in [-0.39, 0.29) is 30.9 Å². The van der Waals surface area contributed by atoms with Gasteiger partial charge in [0.05, 0.1) is 19.1 Å². The van der Waals surface area contributed by atoms with Gasteiger partial charge in [0.2, 0.25) is 5.91 Å². The van der Waals surface area contributed by atoms with Crippen LogP contribution < -0.4 is 15.4 Å². The number of hydrogen-bond donors (Lipinski definition) is 2. The summed E-state index contributed by atoms with van der Waals surface area (Å²) in [5.41, 5.74) is 0.523. The molecule has 1 aliphatic heterocycles. The van der Waals surface area contributed by atoms with Gasteiger partial charge in [0.15, 0.2) is 5.96 Å². The Morgan fingerprint density at radius 1 is 1.28 bits per heavy atom. The lowest BCUT2D eigenvalue weighted by molar-refractivity contribution is -0.154. The summed E-state index contributed by atoms with van der Waals surface area (Å²) >= 11 is 0. The Balaban J connectivity index is 2.03. The van der Waals surface area contributed by atoms with Crippen molar-refractivity contribution in [3.8, 4) is 5.75 Å². The fourth-order valence-electron chi connectivity index (χ4n) is 2.77. The molecule has 1 aromatic carbocycles. The molecule has 0 aromatic heterocycles. The molecule has 8 heteroatoms. The van der Waals surface area contributed by atoms with Gasteiger partial charge in [0.25, 0.3) is 0 Å². The van der Waals surface area contributed by atoms with E-state index in [4.69, 9.17) is 9.47 Å². The highest BCUT2D eigenvalue weighted by atomic mass is 16.6. The summed E-state index contributed by atoms with van der Waals surface area (Å²) < 4.78 is 11.0. The first kappa shape index (κ1) is 22.5. The van der Waals surface area contributed by atoms with Crippen LogP contribution in [-0.4, -0.2) is 62.1 Å². The zero-order chi connectivity index (χ0) is 21.4. The highest BCUT2D eigenvalue weighted by molar-refractivity contribution is 5.85. The Morgan fingerprint density at radius 2 is 2.00 bits per heavy atom. The van der Waals surface area contributed by atoms with E-state index in [1.165, 1.54) is 4.90 Å². The third kappa shape index (κ3) is 7.63. The van der Waals surface area contributed by atoms with Gasteiger partial charge in [-0.2, -0.15) is 0 Å². The highest BCUT2D eigenvalue weighted by Gasteiger charge is 2.22. The molecule has 1 atom stereocenters. The Labute approximate surface area is 172 Å². The molecular formula is C21H32N4O4. The largest absolute Gasteiger partial charge is 0.493 e. The average molecular weight is 405 g/mol. The van der Waals surface area contributed by atoms with E-state index in [9.17, 15) is 9.59 Å². The summed E-state index contributed by atoms with van der Waals surface area (Å²) in [5.74, 6) is 0.926. The molecule has 2 rings (SSSR count).